The molecule has 9 heavy (non-hydrogen) atoms. The van der Waals surface area contributed by atoms with Gasteiger partial charge in [-0.1, -0.05) is 6.08 Å². The summed E-state index contributed by atoms with van der Waals surface area (Å²) >= 11 is 3.90. The fourth-order valence-electron chi connectivity index (χ4n) is 0.350. The van der Waals surface area contributed by atoms with Crippen LogP contribution in [0.3, 0.4) is 0 Å². The highest BCUT2D eigenvalue weighted by Crippen LogP contribution is 1.82. The molecule has 0 bridgehead atoms. The molecule has 0 saturated carbocycles. The third-order valence-corrected chi connectivity index (χ3v) is 0.973. The molecular weight excluding hydrogens is 134 g/mol. The highest BCUT2D eigenvalue weighted by Gasteiger charge is 1.92. The standard InChI is InChI=1S/C6H11NOS/c1-2-4-7-6(8)3-5-9/h2,4,9H,3,5H2,1H3,(H,7,8). The van der Waals surface area contributed by atoms with E-state index in [2.05, 4.69) is 17.9 Å². The van der Waals surface area contributed by atoms with Crippen LogP contribution in [0.25, 0.3) is 0 Å². The Morgan fingerprint density at radius 2 is 2.44 bits per heavy atom. The minimum atomic E-state index is 0.0168. The van der Waals surface area contributed by atoms with E-state index in [-0.39, 0.29) is 5.91 Å². The molecule has 0 heterocycles. The van der Waals surface area contributed by atoms with Crippen molar-refractivity contribution in [3.05, 3.63) is 12.3 Å². The lowest BCUT2D eigenvalue weighted by atomic mass is 10.4. The molecule has 52 valence electrons. The van der Waals surface area contributed by atoms with Gasteiger partial charge in [-0.3, -0.25) is 4.79 Å². The number of nitrogens with one attached hydrogen (secondary N) is 1. The van der Waals surface area contributed by atoms with Gasteiger partial charge in [-0.15, -0.1) is 0 Å². The first-order chi connectivity index (χ1) is 4.31. The molecular formula is C6H11NOS. The van der Waals surface area contributed by atoms with Crippen LogP contribution in [0.2, 0.25) is 0 Å². The molecule has 0 radical (unpaired) electrons. The number of thiol groups is 1. The summed E-state index contributed by atoms with van der Waals surface area (Å²) in [4.78, 5) is 10.6. The van der Waals surface area contributed by atoms with Crippen molar-refractivity contribution in [1.82, 2.24) is 5.32 Å². The van der Waals surface area contributed by atoms with Gasteiger partial charge in [0.2, 0.25) is 5.91 Å². The monoisotopic (exact) mass is 145 g/mol. The SMILES string of the molecule is CC=CNC(=O)CCS. The van der Waals surface area contributed by atoms with Crippen LogP contribution in [-0.4, -0.2) is 11.7 Å². The Morgan fingerprint density at radius 1 is 1.78 bits per heavy atom. The third kappa shape index (κ3) is 5.43. The van der Waals surface area contributed by atoms with Gasteiger partial charge in [0, 0.05) is 6.42 Å². The number of allylic oxidation sites excluding steroid dienone is 1. The molecule has 0 aromatic carbocycles. The molecule has 0 saturated heterocycles. The first-order valence-corrected chi connectivity index (χ1v) is 3.46. The topological polar surface area (TPSA) is 29.1 Å². The second kappa shape index (κ2) is 5.69. The minimum absolute atomic E-state index is 0.0168. The Balaban J connectivity index is 3.27. The number of carbonyl (C=O) groups excluding carboxylic acids is 1. The van der Waals surface area contributed by atoms with Crippen LogP contribution in [0.5, 0.6) is 0 Å². The van der Waals surface area contributed by atoms with Crippen molar-refractivity contribution in [1.29, 1.82) is 0 Å². The molecule has 0 atom stereocenters. The molecule has 0 aromatic rings. The fraction of sp³-hybridized carbons (Fsp3) is 0.500. The Kier molecular flexibility index (Phi) is 5.41. The van der Waals surface area contributed by atoms with Gasteiger partial charge in [-0.05, 0) is 18.9 Å². The maximum atomic E-state index is 10.6. The first-order valence-electron chi connectivity index (χ1n) is 2.82. The second-order valence-corrected chi connectivity index (χ2v) is 1.99. The van der Waals surface area contributed by atoms with Gasteiger partial charge in [0.1, 0.15) is 0 Å². The quantitative estimate of drug-likeness (QED) is 0.569. The normalized spacial score (nSPS) is 10.0. The second-order valence-electron chi connectivity index (χ2n) is 1.54. The van der Waals surface area contributed by atoms with E-state index in [9.17, 15) is 4.79 Å². The van der Waals surface area contributed by atoms with Crippen molar-refractivity contribution >= 4 is 18.5 Å². The van der Waals surface area contributed by atoms with Crippen molar-refractivity contribution < 1.29 is 4.79 Å². The predicted molar refractivity (Wildman–Crippen MR) is 41.4 cm³/mol. The summed E-state index contributed by atoms with van der Waals surface area (Å²) < 4.78 is 0. The molecule has 0 aromatic heterocycles. The number of amides is 1. The minimum Gasteiger partial charge on any atom is -0.333 e. The number of hydrogen-bond donors (Lipinski definition) is 2. The van der Waals surface area contributed by atoms with Crippen molar-refractivity contribution in [2.45, 2.75) is 13.3 Å². The number of carbonyl (C=O) groups is 1. The highest BCUT2D eigenvalue weighted by atomic mass is 32.1. The van der Waals surface area contributed by atoms with Crippen molar-refractivity contribution in [3.63, 3.8) is 0 Å². The Hall–Kier alpha value is -0.440. The van der Waals surface area contributed by atoms with Crippen LogP contribution in [0, 0.1) is 0 Å². The zero-order valence-corrected chi connectivity index (χ0v) is 6.32. The molecule has 0 unspecified atom stereocenters. The average Bonchev–Trinajstić information content (AvgIpc) is 1.85. The molecule has 0 spiro atoms. The molecule has 0 rings (SSSR count). The van der Waals surface area contributed by atoms with Gasteiger partial charge in [0.05, 0.1) is 0 Å². The van der Waals surface area contributed by atoms with Crippen LogP contribution in [0.1, 0.15) is 13.3 Å². The van der Waals surface area contributed by atoms with Gasteiger partial charge in [-0.25, -0.2) is 0 Å². The van der Waals surface area contributed by atoms with Crippen LogP contribution < -0.4 is 5.32 Å². The van der Waals surface area contributed by atoms with E-state index in [1.54, 1.807) is 12.3 Å². The molecule has 3 heteroatoms. The zero-order chi connectivity index (χ0) is 7.11. The Labute approximate surface area is 60.7 Å². The smallest absolute Gasteiger partial charge is 0.224 e. The lowest BCUT2D eigenvalue weighted by Gasteiger charge is -1.93. The summed E-state index contributed by atoms with van der Waals surface area (Å²) in [7, 11) is 0. The van der Waals surface area contributed by atoms with Crippen molar-refractivity contribution in [2.75, 3.05) is 5.75 Å². The highest BCUT2D eigenvalue weighted by molar-refractivity contribution is 7.80. The molecule has 0 fully saturated rings. The Bertz CT molecular complexity index is 112. The van der Waals surface area contributed by atoms with E-state index in [1.165, 1.54) is 0 Å². The van der Waals surface area contributed by atoms with E-state index in [0.29, 0.717) is 12.2 Å². The van der Waals surface area contributed by atoms with Crippen LogP contribution in [-0.2, 0) is 4.79 Å². The molecule has 0 aliphatic rings. The molecule has 1 N–H and O–H groups in total. The van der Waals surface area contributed by atoms with E-state index in [1.807, 2.05) is 6.92 Å². The first kappa shape index (κ1) is 8.56. The van der Waals surface area contributed by atoms with Crippen molar-refractivity contribution in [3.8, 4) is 0 Å². The van der Waals surface area contributed by atoms with E-state index < -0.39 is 0 Å². The van der Waals surface area contributed by atoms with Gasteiger partial charge in [-0.2, -0.15) is 12.6 Å². The van der Waals surface area contributed by atoms with Crippen LogP contribution in [0.4, 0.5) is 0 Å². The van der Waals surface area contributed by atoms with Gasteiger partial charge in [0.25, 0.3) is 0 Å². The summed E-state index contributed by atoms with van der Waals surface area (Å²) in [5.74, 6) is 0.617. The third-order valence-electron chi connectivity index (χ3n) is 0.750. The summed E-state index contributed by atoms with van der Waals surface area (Å²) in [6.07, 6.45) is 3.87. The fourth-order valence-corrected chi connectivity index (χ4v) is 0.553. The summed E-state index contributed by atoms with van der Waals surface area (Å²) in [6, 6.07) is 0. The molecule has 0 aliphatic carbocycles. The number of hydrogen-bond acceptors (Lipinski definition) is 2. The van der Waals surface area contributed by atoms with Crippen molar-refractivity contribution in [2.24, 2.45) is 0 Å². The molecule has 1 amide bonds. The van der Waals surface area contributed by atoms with E-state index >= 15 is 0 Å². The van der Waals surface area contributed by atoms with Gasteiger partial charge in [0.15, 0.2) is 0 Å². The summed E-state index contributed by atoms with van der Waals surface area (Å²) in [5, 5.41) is 2.56. The Morgan fingerprint density at radius 3 is 2.89 bits per heavy atom. The largest absolute Gasteiger partial charge is 0.333 e. The van der Waals surface area contributed by atoms with E-state index in [4.69, 9.17) is 0 Å². The zero-order valence-electron chi connectivity index (χ0n) is 5.42. The summed E-state index contributed by atoms with van der Waals surface area (Å²) in [5.41, 5.74) is 0. The number of rotatable bonds is 3. The van der Waals surface area contributed by atoms with Gasteiger partial charge < -0.3 is 5.32 Å². The predicted octanol–water partition coefficient (Wildman–Crippen LogP) is 0.956. The van der Waals surface area contributed by atoms with E-state index in [0.717, 1.165) is 0 Å². The lowest BCUT2D eigenvalue weighted by Crippen LogP contribution is -2.16. The average molecular weight is 145 g/mol. The van der Waals surface area contributed by atoms with Crippen LogP contribution in [0.15, 0.2) is 12.3 Å². The molecule has 2 nitrogen and oxygen atoms in total. The summed E-state index contributed by atoms with van der Waals surface area (Å²) in [6.45, 7) is 1.85. The maximum Gasteiger partial charge on any atom is 0.224 e. The lowest BCUT2D eigenvalue weighted by molar-refractivity contribution is -0.119. The maximum absolute atomic E-state index is 10.6. The van der Waals surface area contributed by atoms with Gasteiger partial charge >= 0.3 is 0 Å². The van der Waals surface area contributed by atoms with Crippen LogP contribution >= 0.6 is 12.6 Å². The molecule has 0 aliphatic heterocycles.